The number of rotatable bonds is 7. The lowest BCUT2D eigenvalue weighted by Crippen LogP contribution is -2.44. The first kappa shape index (κ1) is 21.2. The quantitative estimate of drug-likeness (QED) is 0.720. The van der Waals surface area contributed by atoms with Gasteiger partial charge in [0, 0.05) is 31.0 Å². The van der Waals surface area contributed by atoms with E-state index >= 15 is 0 Å². The molecule has 1 atom stereocenters. The first-order valence-corrected chi connectivity index (χ1v) is 10.5. The van der Waals surface area contributed by atoms with Crippen molar-refractivity contribution in [2.24, 2.45) is 5.92 Å². The lowest BCUT2D eigenvalue weighted by atomic mass is 9.97. The first-order chi connectivity index (χ1) is 13.9. The Hall–Kier alpha value is -2.47. The average molecular weight is 397 g/mol. The predicted molar refractivity (Wildman–Crippen MR) is 115 cm³/mol. The number of aryl methyl sites for hydroxylation is 2. The second-order valence-electron chi connectivity index (χ2n) is 8.25. The van der Waals surface area contributed by atoms with E-state index < -0.39 is 0 Å². The van der Waals surface area contributed by atoms with Crippen molar-refractivity contribution in [1.29, 1.82) is 0 Å². The summed E-state index contributed by atoms with van der Waals surface area (Å²) in [6.45, 7) is 7.24. The van der Waals surface area contributed by atoms with Gasteiger partial charge < -0.3 is 9.80 Å². The average Bonchev–Trinajstić information content (AvgIpc) is 2.68. The molecule has 0 N–H and O–H groups in total. The number of likely N-dealkylation sites (tertiary alicyclic amines) is 1. The van der Waals surface area contributed by atoms with Gasteiger partial charge in [-0.3, -0.25) is 9.36 Å². The van der Waals surface area contributed by atoms with Crippen LogP contribution in [0.3, 0.4) is 0 Å². The molecular formula is C23H32N4O2. The topological polar surface area (TPSA) is 58.4 Å². The van der Waals surface area contributed by atoms with Crippen molar-refractivity contribution in [3.63, 3.8) is 0 Å². The van der Waals surface area contributed by atoms with Gasteiger partial charge in [0.1, 0.15) is 6.54 Å². The number of nitrogens with zero attached hydrogens (tertiary/aromatic N) is 4. The zero-order valence-electron chi connectivity index (χ0n) is 17.8. The van der Waals surface area contributed by atoms with Crippen LogP contribution in [0.25, 0.3) is 0 Å². The van der Waals surface area contributed by atoms with Gasteiger partial charge in [-0.25, -0.2) is 4.79 Å². The lowest BCUT2D eigenvalue weighted by Gasteiger charge is -2.34. The van der Waals surface area contributed by atoms with E-state index in [0.717, 1.165) is 38.2 Å². The van der Waals surface area contributed by atoms with Crippen LogP contribution in [0.2, 0.25) is 0 Å². The van der Waals surface area contributed by atoms with E-state index in [0.29, 0.717) is 18.2 Å². The number of carbonyl (C=O) groups is 1. The van der Waals surface area contributed by atoms with Gasteiger partial charge >= 0.3 is 5.69 Å². The molecule has 0 spiro atoms. The Morgan fingerprint density at radius 3 is 2.69 bits per heavy atom. The molecule has 6 heteroatoms. The maximum atomic E-state index is 13.2. The fourth-order valence-electron chi connectivity index (χ4n) is 4.16. The minimum atomic E-state index is -0.351. The number of amides is 1. The van der Waals surface area contributed by atoms with Gasteiger partial charge in [0.05, 0.1) is 0 Å². The highest BCUT2D eigenvalue weighted by molar-refractivity contribution is 5.76. The molecule has 2 aromatic rings. The Morgan fingerprint density at radius 1 is 1.24 bits per heavy atom. The maximum Gasteiger partial charge on any atom is 0.348 e. The highest BCUT2D eigenvalue weighted by atomic mass is 16.2. The highest BCUT2D eigenvalue weighted by Gasteiger charge is 2.23. The zero-order valence-corrected chi connectivity index (χ0v) is 17.8. The number of hydrogen-bond acceptors (Lipinski definition) is 4. The monoisotopic (exact) mass is 396 g/mol. The number of carbonyl (C=O) groups excluding carboxylic acids is 1. The van der Waals surface area contributed by atoms with Crippen LogP contribution in [-0.4, -0.2) is 58.5 Å². The van der Waals surface area contributed by atoms with Crippen molar-refractivity contribution in [2.75, 3.05) is 33.2 Å². The zero-order chi connectivity index (χ0) is 20.8. The SMILES string of the molecule is Cc1cc(C)n(CC(=O)N(CCc2ccccc2)C[C@@H]2CCCN(C)C2)c(=O)n1. The van der Waals surface area contributed by atoms with Gasteiger partial charge in [-0.05, 0) is 64.3 Å². The second kappa shape index (κ2) is 9.83. The van der Waals surface area contributed by atoms with Crippen molar-refractivity contribution < 1.29 is 4.79 Å². The number of benzene rings is 1. The molecule has 1 aliphatic rings. The predicted octanol–water partition coefficient (Wildman–Crippen LogP) is 2.27. The van der Waals surface area contributed by atoms with Crippen LogP contribution in [0.1, 0.15) is 29.8 Å². The molecule has 0 unspecified atom stereocenters. The third-order valence-electron chi connectivity index (χ3n) is 5.71. The number of hydrogen-bond donors (Lipinski definition) is 0. The molecule has 2 heterocycles. The van der Waals surface area contributed by atoms with Crippen LogP contribution >= 0.6 is 0 Å². The fourth-order valence-corrected chi connectivity index (χ4v) is 4.16. The van der Waals surface area contributed by atoms with E-state index in [-0.39, 0.29) is 18.1 Å². The summed E-state index contributed by atoms with van der Waals surface area (Å²) in [5, 5.41) is 0. The third-order valence-corrected chi connectivity index (χ3v) is 5.71. The summed E-state index contributed by atoms with van der Waals surface area (Å²) in [5.74, 6) is 0.465. The lowest BCUT2D eigenvalue weighted by molar-refractivity contribution is -0.132. The standard InChI is InChI=1S/C23H32N4O2/c1-18-14-19(2)27(23(29)24-18)17-22(28)26(13-11-20-8-5-4-6-9-20)16-21-10-7-12-25(3)15-21/h4-6,8-9,14,21H,7,10-13,15-17H2,1-3H3/t21-/m1/s1. The van der Waals surface area contributed by atoms with Crippen LogP contribution < -0.4 is 5.69 Å². The summed E-state index contributed by atoms with van der Waals surface area (Å²) < 4.78 is 1.48. The maximum absolute atomic E-state index is 13.2. The van der Waals surface area contributed by atoms with Crippen molar-refractivity contribution in [3.05, 3.63) is 63.8 Å². The minimum Gasteiger partial charge on any atom is -0.340 e. The van der Waals surface area contributed by atoms with E-state index in [1.54, 1.807) is 6.92 Å². The third kappa shape index (κ3) is 6.00. The summed E-state index contributed by atoms with van der Waals surface area (Å²) in [5.41, 5.74) is 2.33. The van der Waals surface area contributed by atoms with Gasteiger partial charge in [-0.15, -0.1) is 0 Å². The Kier molecular flexibility index (Phi) is 7.20. The van der Waals surface area contributed by atoms with E-state index in [9.17, 15) is 9.59 Å². The molecule has 1 fully saturated rings. The van der Waals surface area contributed by atoms with Crippen molar-refractivity contribution in [2.45, 2.75) is 39.7 Å². The Morgan fingerprint density at radius 2 is 2.00 bits per heavy atom. The first-order valence-electron chi connectivity index (χ1n) is 10.5. The fraction of sp³-hybridized carbons (Fsp3) is 0.522. The molecule has 0 saturated carbocycles. The van der Waals surface area contributed by atoms with Gasteiger partial charge in [0.15, 0.2) is 0 Å². The molecule has 1 amide bonds. The van der Waals surface area contributed by atoms with E-state index in [2.05, 4.69) is 29.1 Å². The van der Waals surface area contributed by atoms with Crippen molar-refractivity contribution in [3.8, 4) is 0 Å². The summed E-state index contributed by atoms with van der Waals surface area (Å²) in [6.07, 6.45) is 3.13. The number of aromatic nitrogens is 2. The molecule has 1 aromatic carbocycles. The molecular weight excluding hydrogens is 364 g/mol. The molecule has 6 nitrogen and oxygen atoms in total. The molecule has 0 aliphatic carbocycles. The summed E-state index contributed by atoms with van der Waals surface area (Å²) >= 11 is 0. The van der Waals surface area contributed by atoms with E-state index in [1.165, 1.54) is 16.6 Å². The Balaban J connectivity index is 1.73. The van der Waals surface area contributed by atoms with Gasteiger partial charge in [-0.2, -0.15) is 4.98 Å². The molecule has 29 heavy (non-hydrogen) atoms. The molecule has 3 rings (SSSR count). The molecule has 156 valence electrons. The Bertz CT molecular complexity index is 878. The van der Waals surface area contributed by atoms with Crippen molar-refractivity contribution >= 4 is 5.91 Å². The molecule has 1 aromatic heterocycles. The van der Waals surface area contributed by atoms with Gasteiger partial charge in [0.2, 0.25) is 5.91 Å². The summed E-state index contributed by atoms with van der Waals surface area (Å²) in [7, 11) is 2.14. The van der Waals surface area contributed by atoms with Crippen LogP contribution in [0.15, 0.2) is 41.2 Å². The summed E-state index contributed by atoms with van der Waals surface area (Å²) in [6, 6.07) is 12.1. The van der Waals surface area contributed by atoms with Gasteiger partial charge in [-0.1, -0.05) is 30.3 Å². The van der Waals surface area contributed by atoms with Crippen LogP contribution in [-0.2, 0) is 17.8 Å². The van der Waals surface area contributed by atoms with E-state index in [4.69, 9.17) is 0 Å². The van der Waals surface area contributed by atoms with E-state index in [1.807, 2.05) is 36.1 Å². The van der Waals surface area contributed by atoms with Crippen LogP contribution in [0, 0.1) is 19.8 Å². The summed E-state index contributed by atoms with van der Waals surface area (Å²) in [4.78, 5) is 33.8. The highest BCUT2D eigenvalue weighted by Crippen LogP contribution is 2.17. The Labute approximate surface area is 173 Å². The van der Waals surface area contributed by atoms with Crippen LogP contribution in [0.4, 0.5) is 0 Å². The van der Waals surface area contributed by atoms with Crippen LogP contribution in [0.5, 0.6) is 0 Å². The minimum absolute atomic E-state index is 0.00925. The molecule has 0 bridgehead atoms. The molecule has 1 aliphatic heterocycles. The second-order valence-corrected chi connectivity index (χ2v) is 8.25. The normalized spacial score (nSPS) is 17.3. The smallest absolute Gasteiger partial charge is 0.340 e. The molecule has 0 radical (unpaired) electrons. The molecule has 1 saturated heterocycles. The number of piperidine rings is 1. The van der Waals surface area contributed by atoms with Crippen molar-refractivity contribution in [1.82, 2.24) is 19.4 Å². The van der Waals surface area contributed by atoms with Gasteiger partial charge in [0.25, 0.3) is 0 Å². The largest absolute Gasteiger partial charge is 0.348 e.